The highest BCUT2D eigenvalue weighted by Crippen LogP contribution is 2.51. The van der Waals surface area contributed by atoms with Crippen molar-refractivity contribution >= 4 is 159 Å². The van der Waals surface area contributed by atoms with Crippen LogP contribution in [0.1, 0.15) is 10.5 Å². The highest BCUT2D eigenvalue weighted by molar-refractivity contribution is 7.95. The third-order valence-corrected chi connectivity index (χ3v) is 17.1. The van der Waals surface area contributed by atoms with Crippen molar-refractivity contribution < 1.29 is 124 Å². The second-order valence-corrected chi connectivity index (χ2v) is 25.3. The summed E-state index contributed by atoms with van der Waals surface area (Å²) in [6.07, 6.45) is 0. The van der Waals surface area contributed by atoms with E-state index < -0.39 is 192 Å². The number of aromatic hydroxyl groups is 3. The Kier molecular flexibility index (Phi) is 18.5. The number of carbonyl (C=O) groups is 1. The zero-order chi connectivity index (χ0) is 65.5. The SMILES string of the molecule is Nc1c(N=Nc2ccc3c(O)c(N=Nc4ccc(N=Nc5c(C(=O)O)nn(-c6ccc(S(=O)(=O)O)cc6)c5O)c(S(=O)(=O)O)c4)c(S(=O)(=O)O)cc3c2S(=O)(=O)O)cc(S(=O)(=O)O)c2cc(SOOO)c(N=Nc3ccc(SOOO)cc3[N+](=O)[O-])c(O)c12. The standard InChI is InChI=1S/C42H28N12O28S7/c43-33-26(15-29(86(67,68)69)22-13-28(84-82-80-63)34(39(56)32(22)33)49-45-23-9-4-18(83-81-79-62)12-27(23)54(60)61)48-47-25-10-7-20-21(40(25)89(76,77)78)14-31(88(73,74)75)35(38(20)55)50-44-16-1-8-24(30(11-16)87(70,71)72)46-51-36-37(42(58)59)52-53(41(36)57)17-2-5-19(6-3-17)85(64,65)66/h1-15,55-57,62-63H,43H2,(H,58,59)(H,64,65,66)(H,67,68,69)(H,70,71,72)(H,73,74,75)(H,76,77,78). The van der Waals surface area contributed by atoms with Gasteiger partial charge in [0, 0.05) is 27.1 Å². The van der Waals surface area contributed by atoms with Gasteiger partial charge in [-0.25, -0.2) is 15.3 Å². The monoisotopic (exact) mass is 1370 g/mol. The third kappa shape index (κ3) is 14.0. The quantitative estimate of drug-likeness (QED) is 0.00571. The zero-order valence-electron chi connectivity index (χ0n) is 42.4. The van der Waals surface area contributed by atoms with Crippen LogP contribution in [0.15, 0.2) is 166 Å². The van der Waals surface area contributed by atoms with Gasteiger partial charge in [-0.1, -0.05) is 10.1 Å². The smallest absolute Gasteiger partial charge is 0.358 e. The molecular weight excluding hydrogens is 1340 g/mol. The number of nitrogen functional groups attached to an aromatic ring is 1. The summed E-state index contributed by atoms with van der Waals surface area (Å²) in [5.41, 5.74) is -3.19. The number of carboxylic acid groups (broad SMARTS) is 1. The number of nitrogens with zero attached hydrogens (tertiary/aromatic N) is 11. The van der Waals surface area contributed by atoms with Gasteiger partial charge in [0.15, 0.2) is 22.9 Å². The van der Waals surface area contributed by atoms with Crippen LogP contribution < -0.4 is 5.73 Å². The molecule has 466 valence electrons. The van der Waals surface area contributed by atoms with Crippen molar-refractivity contribution in [3.63, 3.8) is 0 Å². The van der Waals surface area contributed by atoms with Crippen molar-refractivity contribution in [2.45, 2.75) is 34.3 Å². The molecule has 8 rings (SSSR count). The van der Waals surface area contributed by atoms with Gasteiger partial charge < -0.3 is 26.2 Å². The Morgan fingerprint density at radius 3 is 1.73 bits per heavy atom. The van der Waals surface area contributed by atoms with E-state index in [9.17, 15) is 100 Å². The number of hydrogen-bond acceptors (Lipinski definition) is 34. The van der Waals surface area contributed by atoms with Gasteiger partial charge in [0.05, 0.1) is 61.2 Å². The second-order valence-electron chi connectivity index (χ2n) is 16.8. The number of anilines is 1. The molecule has 7 aromatic carbocycles. The summed E-state index contributed by atoms with van der Waals surface area (Å²) in [5, 5.41) is 110. The number of phenols is 2. The number of nitro benzene ring substituents is 1. The molecule has 1 heterocycles. The largest absolute Gasteiger partial charge is 0.505 e. The van der Waals surface area contributed by atoms with Gasteiger partial charge in [-0.2, -0.15) is 57.0 Å². The molecule has 0 atom stereocenters. The van der Waals surface area contributed by atoms with Gasteiger partial charge in [-0.05, 0) is 84.9 Å². The van der Waals surface area contributed by atoms with Crippen LogP contribution >= 0.6 is 24.1 Å². The van der Waals surface area contributed by atoms with Crippen molar-refractivity contribution in [2.24, 2.45) is 40.9 Å². The normalized spacial score (nSPS) is 12.9. The van der Waals surface area contributed by atoms with Crippen LogP contribution in [0, 0.1) is 10.1 Å². The molecule has 0 radical (unpaired) electrons. The van der Waals surface area contributed by atoms with Crippen molar-refractivity contribution in [1.82, 2.24) is 9.78 Å². The number of aromatic nitrogens is 2. The minimum atomic E-state index is -5.73. The van der Waals surface area contributed by atoms with E-state index in [1.54, 1.807) is 0 Å². The molecule has 0 saturated heterocycles. The first-order valence-electron chi connectivity index (χ1n) is 22.4. The Morgan fingerprint density at radius 2 is 1.13 bits per heavy atom. The molecule has 0 aliphatic rings. The lowest BCUT2D eigenvalue weighted by molar-refractivity contribution is -0.432. The molecule has 47 heteroatoms. The van der Waals surface area contributed by atoms with E-state index in [1.807, 2.05) is 0 Å². The number of azo groups is 4. The number of nitro groups is 1. The Labute approximate surface area is 501 Å². The van der Waals surface area contributed by atoms with Gasteiger partial charge in [-0.3, -0.25) is 32.9 Å². The van der Waals surface area contributed by atoms with Crippen molar-refractivity contribution in [3.05, 3.63) is 107 Å². The Bertz CT molecular complexity index is 5030. The molecule has 0 saturated carbocycles. The molecule has 13 N–H and O–H groups in total. The average Bonchev–Trinajstić information content (AvgIpc) is 1.38. The van der Waals surface area contributed by atoms with Crippen LogP contribution in [0.5, 0.6) is 17.4 Å². The summed E-state index contributed by atoms with van der Waals surface area (Å²) in [7, 11) is -27.0. The summed E-state index contributed by atoms with van der Waals surface area (Å²) in [6, 6.07) is 12.0. The second kappa shape index (κ2) is 25.1. The summed E-state index contributed by atoms with van der Waals surface area (Å²) >= 11 is 0.341. The fourth-order valence-electron chi connectivity index (χ4n) is 7.74. The number of hydrogen-bond donors (Lipinski definition) is 12. The molecule has 0 amide bonds. The maximum Gasteiger partial charge on any atom is 0.358 e. The van der Waals surface area contributed by atoms with Crippen molar-refractivity contribution in [1.29, 1.82) is 0 Å². The minimum absolute atomic E-state index is 0.0160. The average molecular weight is 1370 g/mol. The number of fused-ring (bicyclic) bond motifs is 2. The maximum atomic E-state index is 13.2. The zero-order valence-corrected chi connectivity index (χ0v) is 48.1. The first-order valence-corrected chi connectivity index (χ1v) is 31.1. The summed E-state index contributed by atoms with van der Waals surface area (Å²) in [6.45, 7) is 0. The van der Waals surface area contributed by atoms with Crippen LogP contribution in [-0.4, -0.2) is 116 Å². The first-order chi connectivity index (χ1) is 41.5. The molecule has 40 nitrogen and oxygen atoms in total. The lowest BCUT2D eigenvalue weighted by Gasteiger charge is -2.15. The fraction of sp³-hybridized carbons (Fsp3) is 0. The third-order valence-electron chi connectivity index (χ3n) is 11.4. The molecule has 0 spiro atoms. The number of phenolic OH excluding ortho intramolecular Hbond substituents is 2. The van der Waals surface area contributed by atoms with E-state index in [-0.39, 0.29) is 22.6 Å². The summed E-state index contributed by atoms with van der Waals surface area (Å²) < 4.78 is 186. The maximum absolute atomic E-state index is 13.2. The van der Waals surface area contributed by atoms with Gasteiger partial charge in [0.25, 0.3) is 56.3 Å². The molecule has 89 heavy (non-hydrogen) atoms. The topological polar surface area (TPSA) is 633 Å². The molecule has 0 unspecified atom stereocenters. The van der Waals surface area contributed by atoms with Crippen LogP contribution in [0.25, 0.3) is 27.2 Å². The van der Waals surface area contributed by atoms with Crippen LogP contribution in [-0.2, 0) is 69.3 Å². The fourth-order valence-corrected chi connectivity index (χ4v) is 11.9. The number of benzene rings is 7. The van der Waals surface area contributed by atoms with Gasteiger partial charge >= 0.3 is 5.97 Å². The van der Waals surface area contributed by atoms with E-state index in [2.05, 4.69) is 64.8 Å². The minimum Gasteiger partial charge on any atom is -0.505 e. The van der Waals surface area contributed by atoms with Crippen LogP contribution in [0.2, 0.25) is 0 Å². The van der Waals surface area contributed by atoms with Gasteiger partial charge in [-0.15, -0.1) is 44.5 Å². The lowest BCUT2D eigenvalue weighted by atomic mass is 10.0. The number of rotatable bonds is 22. The van der Waals surface area contributed by atoms with E-state index in [0.29, 0.717) is 41.0 Å². The summed E-state index contributed by atoms with van der Waals surface area (Å²) in [4.78, 5) is 16.7. The highest BCUT2D eigenvalue weighted by atomic mass is 32.2. The van der Waals surface area contributed by atoms with E-state index in [4.69, 9.17) is 16.2 Å². The Balaban J connectivity index is 1.21. The first kappa shape index (κ1) is 65.7. The summed E-state index contributed by atoms with van der Waals surface area (Å²) in [5.74, 6) is -5.41. The number of aromatic carboxylic acids is 1. The molecule has 0 bridgehead atoms. The lowest BCUT2D eigenvalue weighted by Crippen LogP contribution is -2.03. The van der Waals surface area contributed by atoms with Gasteiger partial charge in [0.1, 0.15) is 48.0 Å². The molecule has 0 aliphatic carbocycles. The molecule has 0 aliphatic heterocycles. The van der Waals surface area contributed by atoms with Crippen molar-refractivity contribution in [3.8, 4) is 23.1 Å². The Morgan fingerprint density at radius 1 is 0.562 bits per heavy atom. The molecular formula is C42H28N12O28S7. The molecule has 8 aromatic rings. The number of carboxylic acids is 1. The molecule has 1 aromatic heterocycles. The van der Waals surface area contributed by atoms with Crippen molar-refractivity contribution in [2.75, 3.05) is 5.73 Å². The van der Waals surface area contributed by atoms with E-state index >= 15 is 0 Å². The highest BCUT2D eigenvalue weighted by Gasteiger charge is 2.31. The number of nitrogens with two attached hydrogens (primary N) is 1. The predicted molar refractivity (Wildman–Crippen MR) is 294 cm³/mol. The van der Waals surface area contributed by atoms with E-state index in [1.165, 1.54) is 6.07 Å². The van der Waals surface area contributed by atoms with Crippen LogP contribution in [0.3, 0.4) is 0 Å². The van der Waals surface area contributed by atoms with Crippen LogP contribution in [0.4, 0.5) is 56.9 Å². The van der Waals surface area contributed by atoms with E-state index in [0.717, 1.165) is 60.7 Å². The predicted octanol–water partition coefficient (Wildman–Crippen LogP) is 9.24. The van der Waals surface area contributed by atoms with Gasteiger partial charge in [0.2, 0.25) is 11.6 Å². The molecule has 0 fully saturated rings. The Hall–Kier alpha value is -9.25.